The van der Waals surface area contributed by atoms with Crippen LogP contribution in [0.1, 0.15) is 252 Å². The summed E-state index contributed by atoms with van der Waals surface area (Å²) in [5, 5.41) is 0.620. The van der Waals surface area contributed by atoms with Crippen LogP contribution in [0.2, 0.25) is 0 Å². The van der Waals surface area contributed by atoms with Gasteiger partial charge in [-0.2, -0.15) is 0 Å². The van der Waals surface area contributed by atoms with Gasteiger partial charge in [0.1, 0.15) is 12.2 Å². The molecule has 1 fully saturated rings. The fraction of sp³-hybridized carbons (Fsp3) is 0.960. The number of rotatable bonds is 46. The smallest absolute Gasteiger partial charge is 0.306 e. The molecule has 1 N–H and O–H groups in total. The van der Waals surface area contributed by atoms with Gasteiger partial charge in [-0.1, -0.05) is 174 Å². The van der Waals surface area contributed by atoms with E-state index < -0.39 is 0 Å². The van der Waals surface area contributed by atoms with E-state index in [0.29, 0.717) is 18.1 Å². The summed E-state index contributed by atoms with van der Waals surface area (Å²) in [4.78, 5) is 28.0. The van der Waals surface area contributed by atoms with E-state index in [1.807, 2.05) is 11.9 Å². The van der Waals surface area contributed by atoms with E-state index in [4.69, 9.17) is 14.2 Å². The van der Waals surface area contributed by atoms with Crippen molar-refractivity contribution in [2.24, 2.45) is 0 Å². The second-order valence-electron chi connectivity index (χ2n) is 17.7. The van der Waals surface area contributed by atoms with Crippen molar-refractivity contribution in [2.75, 3.05) is 39.4 Å². The predicted molar refractivity (Wildman–Crippen MR) is 251 cm³/mol. The Hall–Kier alpha value is -0.830. The van der Waals surface area contributed by atoms with Crippen LogP contribution in [-0.4, -0.2) is 73.7 Å². The fourth-order valence-electron chi connectivity index (χ4n) is 7.99. The van der Waals surface area contributed by atoms with Crippen molar-refractivity contribution in [3.63, 3.8) is 0 Å². The van der Waals surface area contributed by atoms with Gasteiger partial charge in [-0.25, -0.2) is 0 Å². The molecule has 0 amide bonds. The highest BCUT2D eigenvalue weighted by Gasteiger charge is 2.18. The summed E-state index contributed by atoms with van der Waals surface area (Å²) >= 11 is 1.84. The maximum absolute atomic E-state index is 12.8. The van der Waals surface area contributed by atoms with E-state index >= 15 is 0 Å². The fourth-order valence-corrected chi connectivity index (χ4v) is 8.82. The number of unbranched alkanes of at least 4 members (excludes halogenated alkanes) is 23. The van der Waals surface area contributed by atoms with Gasteiger partial charge in [-0.15, -0.1) is 0 Å². The number of hydrogen-bond acceptors (Lipinski definition) is 8. The third-order valence-corrected chi connectivity index (χ3v) is 13.0. The average Bonchev–Trinajstić information content (AvgIpc) is 3.20. The van der Waals surface area contributed by atoms with Crippen molar-refractivity contribution in [3.05, 3.63) is 0 Å². The molecule has 1 rings (SSSR count). The average molecular weight is 839 g/mol. The Balaban J connectivity index is 2.28. The van der Waals surface area contributed by atoms with Crippen molar-refractivity contribution >= 4 is 23.9 Å². The molecule has 1 saturated heterocycles. The minimum absolute atomic E-state index is 0.00629. The zero-order valence-corrected chi connectivity index (χ0v) is 39.9. The Labute approximate surface area is 365 Å². The Kier molecular flexibility index (Phi) is 40.8. The molecule has 0 aromatic rings. The lowest BCUT2D eigenvalue weighted by molar-refractivity contribution is -0.150. The number of hydrogen-bond donors (Lipinski definition) is 1. The first kappa shape index (κ1) is 55.2. The first-order chi connectivity index (χ1) is 28.5. The van der Waals surface area contributed by atoms with E-state index in [2.05, 4.69) is 37.3 Å². The minimum Gasteiger partial charge on any atom is -0.462 e. The van der Waals surface area contributed by atoms with E-state index in [1.54, 1.807) is 0 Å². The molecular weight excluding hydrogens is 741 g/mol. The lowest BCUT2D eigenvalue weighted by Crippen LogP contribution is -2.34. The van der Waals surface area contributed by atoms with Gasteiger partial charge >= 0.3 is 11.9 Å². The molecule has 1 unspecified atom stereocenters. The summed E-state index contributed by atoms with van der Waals surface area (Å²) in [7, 11) is 0. The van der Waals surface area contributed by atoms with Crippen LogP contribution < -0.4 is 4.72 Å². The molecule has 7 nitrogen and oxygen atoms in total. The molecule has 1 aliphatic heterocycles. The van der Waals surface area contributed by atoms with Gasteiger partial charge in [-0.3, -0.25) is 14.3 Å². The van der Waals surface area contributed by atoms with Crippen molar-refractivity contribution < 1.29 is 23.8 Å². The molecular formula is C50H98N2O5S. The zero-order chi connectivity index (χ0) is 42.0. The largest absolute Gasteiger partial charge is 0.462 e. The van der Waals surface area contributed by atoms with Crippen LogP contribution in [0.25, 0.3) is 0 Å². The SMILES string of the molecule is CCCCCCCCC(CC)OC(=O)CCCCCCCN(CCCCCCCC(=O)OC(CCCCCCCC)CCCCCCCC)CCCNSC1COC1. The molecule has 1 heterocycles. The van der Waals surface area contributed by atoms with Gasteiger partial charge in [0.2, 0.25) is 0 Å². The van der Waals surface area contributed by atoms with E-state index in [9.17, 15) is 9.59 Å². The van der Waals surface area contributed by atoms with Crippen LogP contribution in [0, 0.1) is 0 Å². The Bertz CT molecular complexity index is 874. The molecule has 0 aromatic heterocycles. The molecule has 58 heavy (non-hydrogen) atoms. The molecule has 0 aliphatic carbocycles. The Morgan fingerprint density at radius 1 is 0.517 bits per heavy atom. The highest BCUT2D eigenvalue weighted by atomic mass is 32.2. The lowest BCUT2D eigenvalue weighted by atomic mass is 10.0. The van der Waals surface area contributed by atoms with Crippen molar-refractivity contribution in [1.29, 1.82) is 0 Å². The highest BCUT2D eigenvalue weighted by molar-refractivity contribution is 7.98. The van der Waals surface area contributed by atoms with Crippen LogP contribution in [0.15, 0.2) is 0 Å². The van der Waals surface area contributed by atoms with Gasteiger partial charge in [0.25, 0.3) is 0 Å². The highest BCUT2D eigenvalue weighted by Crippen LogP contribution is 2.20. The molecule has 1 atom stereocenters. The third-order valence-electron chi connectivity index (χ3n) is 12.0. The lowest BCUT2D eigenvalue weighted by Gasteiger charge is -2.26. The number of esters is 2. The summed E-state index contributed by atoms with van der Waals surface area (Å²) in [6.45, 7) is 15.2. The molecule has 0 aromatic carbocycles. The van der Waals surface area contributed by atoms with Gasteiger partial charge in [-0.05, 0) is 96.7 Å². The van der Waals surface area contributed by atoms with Crippen LogP contribution in [0.4, 0.5) is 0 Å². The summed E-state index contributed by atoms with van der Waals surface area (Å²) in [6.07, 6.45) is 41.2. The Morgan fingerprint density at radius 2 is 0.897 bits per heavy atom. The molecule has 344 valence electrons. The normalized spacial score (nSPS) is 13.7. The number of nitrogens with one attached hydrogen (secondary N) is 1. The number of carbonyl (C=O) groups is 2. The maximum Gasteiger partial charge on any atom is 0.306 e. The minimum atomic E-state index is 0.00629. The Morgan fingerprint density at radius 3 is 1.33 bits per heavy atom. The quantitative estimate of drug-likeness (QED) is 0.0369. The molecule has 0 spiro atoms. The standard InChI is InChI=1S/C50H98N2O5S/c1-5-9-12-15-20-27-35-46(8-4)56-49(53)38-30-23-18-25-32-41-52(43-34-40-51-58-48-44-55-45-48)42-33-26-19-24-31-39-50(54)57-47(36-28-21-16-13-10-6-2)37-29-22-17-14-11-7-3/h46-48,51H,5-45H2,1-4H3. The summed E-state index contributed by atoms with van der Waals surface area (Å²) in [5.74, 6) is 0.0420. The van der Waals surface area contributed by atoms with Gasteiger partial charge < -0.3 is 19.1 Å². The van der Waals surface area contributed by atoms with E-state index in [0.717, 1.165) is 90.8 Å². The second-order valence-corrected chi connectivity index (χ2v) is 18.9. The van der Waals surface area contributed by atoms with E-state index in [1.165, 1.54) is 161 Å². The molecule has 0 bridgehead atoms. The van der Waals surface area contributed by atoms with E-state index in [-0.39, 0.29) is 24.1 Å². The van der Waals surface area contributed by atoms with Gasteiger partial charge in [0.05, 0.1) is 18.5 Å². The topological polar surface area (TPSA) is 77.1 Å². The molecule has 1 aliphatic rings. The maximum atomic E-state index is 12.8. The summed E-state index contributed by atoms with van der Waals surface area (Å²) in [5.41, 5.74) is 0. The number of nitrogens with zero attached hydrogens (tertiary/aromatic N) is 1. The van der Waals surface area contributed by atoms with Crippen LogP contribution in [0.3, 0.4) is 0 Å². The first-order valence-corrected chi connectivity index (χ1v) is 26.5. The summed E-state index contributed by atoms with van der Waals surface area (Å²) in [6, 6.07) is 0. The molecule has 0 saturated carbocycles. The zero-order valence-electron chi connectivity index (χ0n) is 39.1. The summed E-state index contributed by atoms with van der Waals surface area (Å²) < 4.78 is 20.8. The monoisotopic (exact) mass is 839 g/mol. The third kappa shape index (κ3) is 35.9. The van der Waals surface area contributed by atoms with Crippen molar-refractivity contribution in [3.8, 4) is 0 Å². The second kappa shape index (κ2) is 42.8. The number of carbonyl (C=O) groups excluding carboxylic acids is 2. The van der Waals surface area contributed by atoms with Gasteiger partial charge in [0, 0.05) is 19.4 Å². The molecule has 8 heteroatoms. The van der Waals surface area contributed by atoms with Crippen molar-refractivity contribution in [2.45, 2.75) is 270 Å². The predicted octanol–water partition coefficient (Wildman–Crippen LogP) is 14.5. The van der Waals surface area contributed by atoms with Crippen LogP contribution in [0.5, 0.6) is 0 Å². The van der Waals surface area contributed by atoms with Crippen LogP contribution >= 0.6 is 11.9 Å². The van der Waals surface area contributed by atoms with Crippen LogP contribution in [-0.2, 0) is 23.8 Å². The van der Waals surface area contributed by atoms with Crippen molar-refractivity contribution in [1.82, 2.24) is 9.62 Å². The molecule has 0 radical (unpaired) electrons. The number of ether oxygens (including phenoxy) is 3. The first-order valence-electron chi connectivity index (χ1n) is 25.6. The van der Waals surface area contributed by atoms with Gasteiger partial charge in [0.15, 0.2) is 0 Å².